The molecule has 6 nitrogen and oxygen atoms in total. The van der Waals surface area contributed by atoms with Gasteiger partial charge in [-0.25, -0.2) is 4.79 Å². The Morgan fingerprint density at radius 2 is 2.00 bits per heavy atom. The Morgan fingerprint density at radius 1 is 1.29 bits per heavy atom. The number of nitrogens with one attached hydrogen (secondary N) is 1. The summed E-state index contributed by atoms with van der Waals surface area (Å²) < 4.78 is 6.16. The molecule has 1 heterocycles. The monoisotopic (exact) mass is 288 g/mol. The molecule has 2 rings (SSSR count). The van der Waals surface area contributed by atoms with E-state index >= 15 is 0 Å². The van der Waals surface area contributed by atoms with Crippen LogP contribution in [0.25, 0.3) is 0 Å². The fraction of sp³-hybridized carbons (Fsp3) is 0.200. The molecule has 0 radical (unpaired) electrons. The molecule has 1 unspecified atom stereocenters. The lowest BCUT2D eigenvalue weighted by atomic mass is 10.3. The molecule has 0 bridgehead atoms. The van der Waals surface area contributed by atoms with E-state index in [1.165, 1.54) is 6.20 Å². The Balaban J connectivity index is 2.36. The third kappa shape index (κ3) is 3.49. The minimum absolute atomic E-state index is 0.194. The van der Waals surface area contributed by atoms with Crippen molar-refractivity contribution in [2.24, 2.45) is 0 Å². The zero-order valence-corrected chi connectivity index (χ0v) is 11.5. The minimum Gasteiger partial charge on any atom is -0.478 e. The van der Waals surface area contributed by atoms with Gasteiger partial charge in [-0.05, 0) is 31.2 Å². The maximum absolute atomic E-state index is 12.4. The standard InChI is InChI=1S/C15H16N2O4/c1-2-21-14(15(19)20)17-10-6-9-12(13(17)18)16-11-7-4-3-5-8-11/h3-10,14,16H,2H2,1H3,(H,19,20). The van der Waals surface area contributed by atoms with Crippen LogP contribution in [0.1, 0.15) is 13.2 Å². The summed E-state index contributed by atoms with van der Waals surface area (Å²) in [7, 11) is 0. The third-order valence-electron chi connectivity index (χ3n) is 2.82. The Morgan fingerprint density at radius 3 is 2.62 bits per heavy atom. The molecule has 0 aliphatic carbocycles. The van der Waals surface area contributed by atoms with Crippen LogP contribution < -0.4 is 10.9 Å². The maximum Gasteiger partial charge on any atom is 0.354 e. The number of aliphatic carboxylic acids is 1. The van der Waals surface area contributed by atoms with E-state index < -0.39 is 17.8 Å². The van der Waals surface area contributed by atoms with Gasteiger partial charge in [0.05, 0.1) is 0 Å². The second-order valence-corrected chi connectivity index (χ2v) is 4.27. The largest absolute Gasteiger partial charge is 0.478 e. The molecule has 0 aliphatic rings. The molecule has 0 fully saturated rings. The van der Waals surface area contributed by atoms with Gasteiger partial charge in [0.2, 0.25) is 6.23 Å². The normalized spacial score (nSPS) is 11.9. The summed E-state index contributed by atoms with van der Waals surface area (Å²) >= 11 is 0. The number of hydrogen-bond acceptors (Lipinski definition) is 4. The first-order chi connectivity index (χ1) is 10.1. The SMILES string of the molecule is CCOC(C(=O)O)n1cccc(Nc2ccccc2)c1=O. The van der Waals surface area contributed by atoms with Crippen molar-refractivity contribution in [2.75, 3.05) is 11.9 Å². The summed E-state index contributed by atoms with van der Waals surface area (Å²) in [6.07, 6.45) is 0.0625. The lowest BCUT2D eigenvalue weighted by Gasteiger charge is -2.16. The number of rotatable bonds is 6. The van der Waals surface area contributed by atoms with Gasteiger partial charge in [0, 0.05) is 18.5 Å². The number of benzene rings is 1. The topological polar surface area (TPSA) is 80.6 Å². The molecular weight excluding hydrogens is 272 g/mol. The minimum atomic E-state index is -1.33. The average molecular weight is 288 g/mol. The zero-order chi connectivity index (χ0) is 15.2. The first kappa shape index (κ1) is 14.8. The van der Waals surface area contributed by atoms with Crippen LogP contribution in [-0.4, -0.2) is 22.2 Å². The van der Waals surface area contributed by atoms with Crippen molar-refractivity contribution in [3.8, 4) is 0 Å². The number of carbonyl (C=O) groups is 1. The molecule has 0 saturated heterocycles. The maximum atomic E-state index is 12.4. The van der Waals surface area contributed by atoms with Crippen LogP contribution >= 0.6 is 0 Å². The number of hydrogen-bond donors (Lipinski definition) is 2. The van der Waals surface area contributed by atoms with Gasteiger partial charge in [-0.2, -0.15) is 0 Å². The summed E-state index contributed by atoms with van der Waals surface area (Å²) in [6.45, 7) is 1.87. The summed E-state index contributed by atoms with van der Waals surface area (Å²) in [6, 6.07) is 12.4. The van der Waals surface area contributed by atoms with Gasteiger partial charge >= 0.3 is 5.97 Å². The Hall–Kier alpha value is -2.60. The van der Waals surface area contributed by atoms with E-state index in [1.807, 2.05) is 30.3 Å². The van der Waals surface area contributed by atoms with E-state index in [9.17, 15) is 9.59 Å². The quantitative estimate of drug-likeness (QED) is 0.851. The highest BCUT2D eigenvalue weighted by Crippen LogP contribution is 2.14. The van der Waals surface area contributed by atoms with Gasteiger partial charge in [0.1, 0.15) is 5.69 Å². The highest BCUT2D eigenvalue weighted by atomic mass is 16.5. The Kier molecular flexibility index (Phi) is 4.73. The summed E-state index contributed by atoms with van der Waals surface area (Å²) in [5.74, 6) is -1.21. The average Bonchev–Trinajstić information content (AvgIpc) is 2.48. The van der Waals surface area contributed by atoms with Crippen molar-refractivity contribution < 1.29 is 14.6 Å². The van der Waals surface area contributed by atoms with Crippen molar-refractivity contribution in [1.82, 2.24) is 4.57 Å². The van der Waals surface area contributed by atoms with Crippen LogP contribution in [0.4, 0.5) is 11.4 Å². The summed E-state index contributed by atoms with van der Waals surface area (Å²) in [5.41, 5.74) is 0.576. The molecule has 0 aliphatic heterocycles. The fourth-order valence-corrected chi connectivity index (χ4v) is 1.90. The van der Waals surface area contributed by atoms with Gasteiger partial charge in [-0.1, -0.05) is 18.2 Å². The number of carboxylic acids is 1. The molecule has 1 aromatic carbocycles. The van der Waals surface area contributed by atoms with E-state index in [0.29, 0.717) is 0 Å². The zero-order valence-electron chi connectivity index (χ0n) is 11.5. The Labute approximate surface area is 121 Å². The molecule has 2 N–H and O–H groups in total. The van der Waals surface area contributed by atoms with Crippen molar-refractivity contribution in [3.05, 3.63) is 59.0 Å². The van der Waals surface area contributed by atoms with Gasteiger partial charge in [-0.15, -0.1) is 0 Å². The van der Waals surface area contributed by atoms with Crippen molar-refractivity contribution in [3.63, 3.8) is 0 Å². The van der Waals surface area contributed by atoms with Crippen LogP contribution in [0.2, 0.25) is 0 Å². The number of ether oxygens (including phenoxy) is 1. The second-order valence-electron chi connectivity index (χ2n) is 4.27. The molecule has 0 saturated carbocycles. The first-order valence-corrected chi connectivity index (χ1v) is 6.51. The lowest BCUT2D eigenvalue weighted by Crippen LogP contribution is -2.32. The van der Waals surface area contributed by atoms with E-state index in [-0.39, 0.29) is 12.3 Å². The molecular formula is C15H16N2O4. The third-order valence-corrected chi connectivity index (χ3v) is 2.82. The first-order valence-electron chi connectivity index (χ1n) is 6.51. The highest BCUT2D eigenvalue weighted by molar-refractivity contribution is 5.70. The lowest BCUT2D eigenvalue weighted by molar-refractivity contribution is -0.157. The van der Waals surface area contributed by atoms with Gasteiger partial charge in [0.25, 0.3) is 5.56 Å². The van der Waals surface area contributed by atoms with E-state index in [1.54, 1.807) is 19.1 Å². The van der Waals surface area contributed by atoms with E-state index in [0.717, 1.165) is 10.3 Å². The number of pyridine rings is 1. The predicted molar refractivity (Wildman–Crippen MR) is 78.7 cm³/mol. The number of carboxylic acid groups (broad SMARTS) is 1. The summed E-state index contributed by atoms with van der Waals surface area (Å²) in [5, 5.41) is 12.1. The molecule has 1 atom stereocenters. The molecule has 0 spiro atoms. The molecule has 6 heteroatoms. The van der Waals surface area contributed by atoms with Gasteiger partial charge < -0.3 is 15.2 Å². The van der Waals surface area contributed by atoms with Gasteiger partial charge in [0.15, 0.2) is 0 Å². The van der Waals surface area contributed by atoms with Crippen LogP contribution in [0.3, 0.4) is 0 Å². The van der Waals surface area contributed by atoms with Crippen molar-refractivity contribution >= 4 is 17.3 Å². The predicted octanol–water partition coefficient (Wildman–Crippen LogP) is 2.21. The van der Waals surface area contributed by atoms with Crippen molar-refractivity contribution in [2.45, 2.75) is 13.2 Å². The molecule has 1 aromatic heterocycles. The van der Waals surface area contributed by atoms with Crippen molar-refractivity contribution in [1.29, 1.82) is 0 Å². The summed E-state index contributed by atoms with van der Waals surface area (Å²) in [4.78, 5) is 23.6. The van der Waals surface area contributed by atoms with Gasteiger partial charge in [-0.3, -0.25) is 9.36 Å². The van der Waals surface area contributed by atoms with Crippen LogP contribution in [0.5, 0.6) is 0 Å². The molecule has 0 amide bonds. The number of nitrogens with zero attached hydrogens (tertiary/aromatic N) is 1. The highest BCUT2D eigenvalue weighted by Gasteiger charge is 2.21. The molecule has 2 aromatic rings. The molecule has 110 valence electrons. The van der Waals surface area contributed by atoms with E-state index in [2.05, 4.69) is 5.32 Å². The fourth-order valence-electron chi connectivity index (χ4n) is 1.90. The second kappa shape index (κ2) is 6.71. The number of aromatic nitrogens is 1. The number of anilines is 2. The van der Waals surface area contributed by atoms with Crippen LogP contribution in [0.15, 0.2) is 53.5 Å². The number of para-hydroxylation sites is 1. The van der Waals surface area contributed by atoms with Crippen LogP contribution in [0, 0.1) is 0 Å². The van der Waals surface area contributed by atoms with E-state index in [4.69, 9.17) is 9.84 Å². The molecule has 21 heavy (non-hydrogen) atoms. The smallest absolute Gasteiger partial charge is 0.354 e. The van der Waals surface area contributed by atoms with Crippen LogP contribution in [-0.2, 0) is 9.53 Å². The Bertz CT molecular complexity index is 667.